The highest BCUT2D eigenvalue weighted by molar-refractivity contribution is 5.78. The maximum Gasteiger partial charge on any atom is 0.233 e. The van der Waals surface area contributed by atoms with E-state index in [4.69, 9.17) is 0 Å². The standard InChI is InChI=1S/C11H20N2O/c1-11(2)5-9(11)12-7-10(14)13-6-8-3-4-8/h8-9,12H,3-7H2,1-2H3,(H,13,14). The Hall–Kier alpha value is -0.570. The maximum atomic E-state index is 11.3. The Kier molecular flexibility index (Phi) is 2.52. The van der Waals surface area contributed by atoms with Crippen LogP contribution in [0.1, 0.15) is 33.1 Å². The summed E-state index contributed by atoms with van der Waals surface area (Å²) in [7, 11) is 0. The second-order valence-electron chi connectivity index (χ2n) is 5.37. The van der Waals surface area contributed by atoms with Gasteiger partial charge in [0.1, 0.15) is 0 Å². The van der Waals surface area contributed by atoms with Crippen molar-refractivity contribution in [1.29, 1.82) is 0 Å². The van der Waals surface area contributed by atoms with Gasteiger partial charge in [-0.2, -0.15) is 0 Å². The zero-order valence-electron chi connectivity index (χ0n) is 9.10. The summed E-state index contributed by atoms with van der Waals surface area (Å²) in [4.78, 5) is 11.3. The largest absolute Gasteiger partial charge is 0.355 e. The molecule has 0 radical (unpaired) electrons. The van der Waals surface area contributed by atoms with Gasteiger partial charge in [0.25, 0.3) is 0 Å². The van der Waals surface area contributed by atoms with E-state index >= 15 is 0 Å². The molecule has 1 atom stereocenters. The lowest BCUT2D eigenvalue weighted by Crippen LogP contribution is -2.36. The number of carbonyl (C=O) groups is 1. The van der Waals surface area contributed by atoms with E-state index in [1.807, 2.05) is 0 Å². The highest BCUT2D eigenvalue weighted by atomic mass is 16.1. The molecular formula is C11H20N2O. The van der Waals surface area contributed by atoms with Crippen LogP contribution in [0.3, 0.4) is 0 Å². The third-order valence-corrected chi connectivity index (χ3v) is 3.31. The van der Waals surface area contributed by atoms with Gasteiger partial charge in [0, 0.05) is 12.6 Å². The van der Waals surface area contributed by atoms with Crippen LogP contribution in [-0.2, 0) is 4.79 Å². The molecule has 3 nitrogen and oxygen atoms in total. The minimum atomic E-state index is 0.152. The molecule has 2 aliphatic rings. The molecule has 80 valence electrons. The van der Waals surface area contributed by atoms with E-state index in [-0.39, 0.29) is 5.91 Å². The fourth-order valence-corrected chi connectivity index (χ4v) is 1.67. The van der Waals surface area contributed by atoms with Crippen LogP contribution in [0.15, 0.2) is 0 Å². The van der Waals surface area contributed by atoms with Crippen LogP contribution in [0.2, 0.25) is 0 Å². The first-order valence-corrected chi connectivity index (χ1v) is 5.58. The molecule has 2 saturated carbocycles. The summed E-state index contributed by atoms with van der Waals surface area (Å²) in [5.41, 5.74) is 0.413. The van der Waals surface area contributed by atoms with E-state index in [2.05, 4.69) is 24.5 Å². The summed E-state index contributed by atoms with van der Waals surface area (Å²) in [6.45, 7) is 5.83. The van der Waals surface area contributed by atoms with Gasteiger partial charge in [0.05, 0.1) is 6.54 Å². The molecule has 2 fully saturated rings. The van der Waals surface area contributed by atoms with E-state index in [1.54, 1.807) is 0 Å². The van der Waals surface area contributed by atoms with Crippen LogP contribution < -0.4 is 10.6 Å². The third-order valence-electron chi connectivity index (χ3n) is 3.31. The Morgan fingerprint density at radius 2 is 2.07 bits per heavy atom. The topological polar surface area (TPSA) is 41.1 Å². The van der Waals surface area contributed by atoms with Crippen molar-refractivity contribution in [3.05, 3.63) is 0 Å². The second kappa shape index (κ2) is 3.54. The summed E-state index contributed by atoms with van der Waals surface area (Å²) in [6.07, 6.45) is 3.79. The van der Waals surface area contributed by atoms with Crippen LogP contribution in [-0.4, -0.2) is 25.0 Å². The molecule has 2 aliphatic carbocycles. The number of nitrogens with one attached hydrogen (secondary N) is 2. The lowest BCUT2D eigenvalue weighted by Gasteiger charge is -2.07. The predicted octanol–water partition coefficient (Wildman–Crippen LogP) is 0.901. The molecule has 0 aromatic carbocycles. The van der Waals surface area contributed by atoms with Crippen LogP contribution in [0.25, 0.3) is 0 Å². The van der Waals surface area contributed by atoms with Crippen molar-refractivity contribution in [2.45, 2.75) is 39.2 Å². The summed E-state index contributed by atoms with van der Waals surface area (Å²) in [5.74, 6) is 0.927. The van der Waals surface area contributed by atoms with Crippen molar-refractivity contribution in [2.24, 2.45) is 11.3 Å². The molecular weight excluding hydrogens is 176 g/mol. The van der Waals surface area contributed by atoms with Gasteiger partial charge in [-0.3, -0.25) is 4.79 Å². The number of amides is 1. The van der Waals surface area contributed by atoms with E-state index in [1.165, 1.54) is 19.3 Å². The zero-order valence-corrected chi connectivity index (χ0v) is 9.10. The molecule has 0 aliphatic heterocycles. The van der Waals surface area contributed by atoms with Gasteiger partial charge >= 0.3 is 0 Å². The Balaban J connectivity index is 1.54. The summed E-state index contributed by atoms with van der Waals surface area (Å²) >= 11 is 0. The average Bonchev–Trinajstić information content (AvgIpc) is 2.97. The average molecular weight is 196 g/mol. The van der Waals surface area contributed by atoms with Gasteiger partial charge in [0.15, 0.2) is 0 Å². The molecule has 14 heavy (non-hydrogen) atoms. The molecule has 1 unspecified atom stereocenters. The SMILES string of the molecule is CC1(C)CC1NCC(=O)NCC1CC1. The molecule has 2 rings (SSSR count). The Bertz CT molecular complexity index is 233. The molecule has 0 heterocycles. The Morgan fingerprint density at radius 3 is 2.57 bits per heavy atom. The molecule has 0 spiro atoms. The number of rotatable bonds is 5. The smallest absolute Gasteiger partial charge is 0.233 e. The highest BCUT2D eigenvalue weighted by Crippen LogP contribution is 2.44. The highest BCUT2D eigenvalue weighted by Gasteiger charge is 2.45. The molecule has 3 heteroatoms. The minimum Gasteiger partial charge on any atom is -0.355 e. The first-order valence-electron chi connectivity index (χ1n) is 5.58. The van der Waals surface area contributed by atoms with Gasteiger partial charge in [-0.1, -0.05) is 13.8 Å². The van der Waals surface area contributed by atoms with Crippen molar-refractivity contribution in [3.63, 3.8) is 0 Å². The molecule has 0 aromatic heterocycles. The summed E-state index contributed by atoms with van der Waals surface area (Å²) < 4.78 is 0. The lowest BCUT2D eigenvalue weighted by molar-refractivity contribution is -0.120. The molecule has 0 bridgehead atoms. The number of hydrogen-bond acceptors (Lipinski definition) is 2. The van der Waals surface area contributed by atoms with Gasteiger partial charge in [-0.05, 0) is 30.6 Å². The number of hydrogen-bond donors (Lipinski definition) is 2. The van der Waals surface area contributed by atoms with E-state index in [0.717, 1.165) is 12.5 Å². The first kappa shape index (κ1) is 9.97. The third kappa shape index (κ3) is 2.71. The fourth-order valence-electron chi connectivity index (χ4n) is 1.67. The van der Waals surface area contributed by atoms with Crippen molar-refractivity contribution in [3.8, 4) is 0 Å². The Labute approximate surface area is 85.6 Å². The van der Waals surface area contributed by atoms with Crippen LogP contribution >= 0.6 is 0 Å². The van der Waals surface area contributed by atoms with Crippen LogP contribution in [0, 0.1) is 11.3 Å². The first-order chi connectivity index (χ1) is 6.58. The van der Waals surface area contributed by atoms with Crippen molar-refractivity contribution < 1.29 is 4.79 Å². The Morgan fingerprint density at radius 1 is 1.43 bits per heavy atom. The number of carbonyl (C=O) groups excluding carboxylic acids is 1. The van der Waals surface area contributed by atoms with Gasteiger partial charge in [-0.15, -0.1) is 0 Å². The monoisotopic (exact) mass is 196 g/mol. The maximum absolute atomic E-state index is 11.3. The van der Waals surface area contributed by atoms with Gasteiger partial charge < -0.3 is 10.6 Å². The lowest BCUT2D eigenvalue weighted by atomic mass is 10.2. The van der Waals surface area contributed by atoms with Crippen molar-refractivity contribution in [1.82, 2.24) is 10.6 Å². The quantitative estimate of drug-likeness (QED) is 0.686. The molecule has 2 N–H and O–H groups in total. The van der Waals surface area contributed by atoms with E-state index in [0.29, 0.717) is 18.0 Å². The van der Waals surface area contributed by atoms with Crippen molar-refractivity contribution in [2.75, 3.05) is 13.1 Å². The zero-order chi connectivity index (χ0) is 10.2. The van der Waals surface area contributed by atoms with Gasteiger partial charge in [0.2, 0.25) is 5.91 Å². The molecule has 0 aromatic rings. The van der Waals surface area contributed by atoms with Crippen molar-refractivity contribution >= 4 is 5.91 Å². The van der Waals surface area contributed by atoms with Gasteiger partial charge in [-0.25, -0.2) is 0 Å². The second-order valence-corrected chi connectivity index (χ2v) is 5.37. The van der Waals surface area contributed by atoms with Crippen LogP contribution in [0.4, 0.5) is 0 Å². The predicted molar refractivity (Wildman–Crippen MR) is 55.9 cm³/mol. The van der Waals surface area contributed by atoms with Crippen LogP contribution in [0.5, 0.6) is 0 Å². The van der Waals surface area contributed by atoms with E-state index < -0.39 is 0 Å². The van der Waals surface area contributed by atoms with E-state index in [9.17, 15) is 4.79 Å². The summed E-state index contributed by atoms with van der Waals surface area (Å²) in [5, 5.41) is 6.23. The molecule has 0 saturated heterocycles. The molecule has 1 amide bonds. The normalized spacial score (nSPS) is 28.6. The minimum absolute atomic E-state index is 0.152. The summed E-state index contributed by atoms with van der Waals surface area (Å²) in [6, 6.07) is 0.550. The fraction of sp³-hybridized carbons (Fsp3) is 0.909.